The number of nitrogens with zero attached hydrogens (tertiary/aromatic N) is 1. The number of imide groups is 1. The summed E-state index contributed by atoms with van der Waals surface area (Å²) in [5.41, 5.74) is -0.813. The van der Waals surface area contributed by atoms with Crippen LogP contribution in [0.2, 0.25) is 0 Å². The van der Waals surface area contributed by atoms with Crippen molar-refractivity contribution in [2.24, 2.45) is 11.8 Å². The molecule has 1 fully saturated rings. The molecule has 0 radical (unpaired) electrons. The maximum atomic E-state index is 13.2. The highest BCUT2D eigenvalue weighted by atomic mass is 16.6. The van der Waals surface area contributed by atoms with Crippen molar-refractivity contribution >= 4 is 17.8 Å². The van der Waals surface area contributed by atoms with Crippen molar-refractivity contribution in [1.29, 1.82) is 0 Å². The Morgan fingerprint density at radius 1 is 1.16 bits per heavy atom. The quantitative estimate of drug-likeness (QED) is 0.474. The van der Waals surface area contributed by atoms with Crippen molar-refractivity contribution in [2.75, 3.05) is 33.0 Å². The van der Waals surface area contributed by atoms with Gasteiger partial charge in [-0.15, -0.1) is 0 Å². The predicted molar refractivity (Wildman–Crippen MR) is 116 cm³/mol. The number of carbonyl (C=O) groups excluding carboxylic acids is 3. The van der Waals surface area contributed by atoms with Gasteiger partial charge in [-0.1, -0.05) is 13.8 Å². The lowest BCUT2D eigenvalue weighted by Crippen LogP contribution is -2.52. The third kappa shape index (κ3) is 6.40. The number of cyclic esters (lactones) is 1. The first-order valence-corrected chi connectivity index (χ1v) is 11.0. The zero-order chi connectivity index (χ0) is 23.9. The Hall–Kier alpha value is -2.23. The molecule has 1 saturated heterocycles. The van der Waals surface area contributed by atoms with Gasteiger partial charge in [0.15, 0.2) is 11.9 Å². The van der Waals surface area contributed by atoms with E-state index in [1.165, 1.54) is 6.08 Å². The van der Waals surface area contributed by atoms with Crippen LogP contribution in [0.25, 0.3) is 0 Å². The van der Waals surface area contributed by atoms with Crippen LogP contribution in [0, 0.1) is 11.8 Å². The smallest absolute Gasteiger partial charge is 0.417 e. The van der Waals surface area contributed by atoms with Gasteiger partial charge in [-0.05, 0) is 51.3 Å². The third-order valence-corrected chi connectivity index (χ3v) is 5.42. The second-order valence-corrected chi connectivity index (χ2v) is 8.77. The molecule has 2 aliphatic heterocycles. The summed E-state index contributed by atoms with van der Waals surface area (Å²) in [7, 11) is 0. The summed E-state index contributed by atoms with van der Waals surface area (Å²) in [5, 5.41) is 8.63. The lowest BCUT2D eigenvalue weighted by molar-refractivity contribution is -0.143. The Kier molecular flexibility index (Phi) is 9.42. The molecule has 2 rings (SSSR count). The standard InChI is InChI=1S/C23H35NO8/c1-15(2)20-23(4,5)32-22(28)24(20)21(27)16(3)19-18(26)9-8-17(31-19)7-6-11-29-13-14-30-12-10-25/h7-9,15-16,19-20,25H,6,10-14H2,1-5H3/t16-,19-,20-/m0/s1. The molecule has 0 aliphatic carbocycles. The summed E-state index contributed by atoms with van der Waals surface area (Å²) in [6, 6.07) is -0.437. The first-order valence-electron chi connectivity index (χ1n) is 11.0. The highest BCUT2D eigenvalue weighted by Crippen LogP contribution is 2.36. The van der Waals surface area contributed by atoms with Crippen LogP contribution in [0.5, 0.6) is 0 Å². The lowest BCUT2D eigenvalue weighted by atomic mass is 9.87. The number of allylic oxidation sites excluding steroid dienone is 1. The highest BCUT2D eigenvalue weighted by Gasteiger charge is 2.53. The van der Waals surface area contributed by atoms with E-state index in [0.717, 1.165) is 4.90 Å². The fraction of sp³-hybridized carbons (Fsp3) is 0.696. The molecule has 2 heterocycles. The molecular weight excluding hydrogens is 418 g/mol. The normalized spacial score (nSPS) is 24.7. The van der Waals surface area contributed by atoms with Crippen LogP contribution in [0.4, 0.5) is 4.79 Å². The molecule has 0 saturated carbocycles. The number of amides is 2. The van der Waals surface area contributed by atoms with E-state index >= 15 is 0 Å². The molecule has 1 N–H and O–H groups in total. The van der Waals surface area contributed by atoms with E-state index in [1.807, 2.05) is 13.8 Å². The van der Waals surface area contributed by atoms with E-state index in [2.05, 4.69) is 0 Å². The fourth-order valence-electron chi connectivity index (χ4n) is 4.07. The lowest BCUT2D eigenvalue weighted by Gasteiger charge is -2.33. The van der Waals surface area contributed by atoms with E-state index in [1.54, 1.807) is 32.9 Å². The van der Waals surface area contributed by atoms with E-state index in [9.17, 15) is 14.4 Å². The topological polar surface area (TPSA) is 112 Å². The molecule has 0 aromatic carbocycles. The van der Waals surface area contributed by atoms with Crippen LogP contribution >= 0.6 is 0 Å². The number of carbonyl (C=O) groups is 3. The van der Waals surface area contributed by atoms with Crippen LogP contribution in [0.1, 0.15) is 41.0 Å². The Morgan fingerprint density at radius 3 is 2.44 bits per heavy atom. The van der Waals surface area contributed by atoms with Gasteiger partial charge in [0.25, 0.3) is 0 Å². The second-order valence-electron chi connectivity index (χ2n) is 8.77. The molecule has 2 amide bonds. The maximum absolute atomic E-state index is 13.2. The van der Waals surface area contributed by atoms with Gasteiger partial charge < -0.3 is 24.1 Å². The van der Waals surface area contributed by atoms with Crippen molar-refractivity contribution in [1.82, 2.24) is 4.90 Å². The number of aliphatic hydroxyl groups is 1. The van der Waals surface area contributed by atoms with Gasteiger partial charge in [0.1, 0.15) is 11.4 Å². The first kappa shape index (κ1) is 26.0. The zero-order valence-corrected chi connectivity index (χ0v) is 19.5. The fourth-order valence-corrected chi connectivity index (χ4v) is 4.07. The summed E-state index contributed by atoms with van der Waals surface area (Å²) in [5.74, 6) is -1.22. The minimum absolute atomic E-state index is 0.0139. The van der Waals surface area contributed by atoms with E-state index in [0.29, 0.717) is 32.0 Å². The van der Waals surface area contributed by atoms with Crippen LogP contribution < -0.4 is 0 Å². The maximum Gasteiger partial charge on any atom is 0.417 e. The largest absolute Gasteiger partial charge is 0.482 e. The summed E-state index contributed by atoms with van der Waals surface area (Å²) < 4.78 is 21.8. The summed E-state index contributed by atoms with van der Waals surface area (Å²) >= 11 is 0. The number of aliphatic hydroxyl groups excluding tert-OH is 1. The van der Waals surface area contributed by atoms with Crippen molar-refractivity contribution in [3.8, 4) is 0 Å². The van der Waals surface area contributed by atoms with Gasteiger partial charge >= 0.3 is 6.09 Å². The molecule has 32 heavy (non-hydrogen) atoms. The number of ketones is 1. The van der Waals surface area contributed by atoms with Crippen molar-refractivity contribution in [3.63, 3.8) is 0 Å². The number of ether oxygens (including phenoxy) is 4. The van der Waals surface area contributed by atoms with Gasteiger partial charge in [-0.3, -0.25) is 9.59 Å². The van der Waals surface area contributed by atoms with Gasteiger partial charge in [-0.2, -0.15) is 0 Å². The van der Waals surface area contributed by atoms with Crippen molar-refractivity contribution < 1.29 is 38.4 Å². The molecule has 2 aliphatic rings. The van der Waals surface area contributed by atoms with Crippen LogP contribution in [0.3, 0.4) is 0 Å². The molecule has 9 nitrogen and oxygen atoms in total. The Morgan fingerprint density at radius 2 is 1.81 bits per heavy atom. The second kappa shape index (κ2) is 11.6. The molecule has 0 bridgehead atoms. The van der Waals surface area contributed by atoms with E-state index < -0.39 is 35.7 Å². The average molecular weight is 454 g/mol. The first-order chi connectivity index (χ1) is 15.1. The average Bonchev–Trinajstić information content (AvgIpc) is 2.98. The predicted octanol–water partition coefficient (Wildman–Crippen LogP) is 2.23. The third-order valence-electron chi connectivity index (χ3n) is 5.42. The van der Waals surface area contributed by atoms with Crippen LogP contribution in [0.15, 0.2) is 24.0 Å². The minimum atomic E-state index is -1.02. The number of hydrogen-bond donors (Lipinski definition) is 1. The summed E-state index contributed by atoms with van der Waals surface area (Å²) in [6.07, 6.45) is 3.57. The molecule has 9 heteroatoms. The minimum Gasteiger partial charge on any atom is -0.482 e. The van der Waals surface area contributed by atoms with Gasteiger partial charge in [0.2, 0.25) is 5.91 Å². The molecule has 0 aromatic heterocycles. The summed E-state index contributed by atoms with van der Waals surface area (Å²) in [6.45, 7) is 10.5. The van der Waals surface area contributed by atoms with Gasteiger partial charge in [0, 0.05) is 0 Å². The monoisotopic (exact) mass is 453 g/mol. The Labute approximate surface area is 189 Å². The number of rotatable bonds is 11. The van der Waals surface area contributed by atoms with E-state index in [4.69, 9.17) is 24.1 Å². The van der Waals surface area contributed by atoms with Crippen LogP contribution in [-0.2, 0) is 28.5 Å². The molecule has 0 unspecified atom stereocenters. The SMILES string of the molecule is CC(C)[C@@H]1N(C(=O)[C@@H](C)[C@@H]2OC(=CCCOCCOCCO)C=CC2=O)C(=O)OC1(C)C. The Bertz CT molecular complexity index is 742. The highest BCUT2D eigenvalue weighted by molar-refractivity contribution is 6.02. The molecule has 180 valence electrons. The van der Waals surface area contributed by atoms with Crippen molar-refractivity contribution in [3.05, 3.63) is 24.0 Å². The zero-order valence-electron chi connectivity index (χ0n) is 19.5. The van der Waals surface area contributed by atoms with Crippen LogP contribution in [-0.4, -0.2) is 78.6 Å². The molecular formula is C23H35NO8. The van der Waals surface area contributed by atoms with Gasteiger partial charge in [-0.25, -0.2) is 9.69 Å². The molecule has 3 atom stereocenters. The molecule has 0 spiro atoms. The summed E-state index contributed by atoms with van der Waals surface area (Å²) in [4.78, 5) is 39.3. The van der Waals surface area contributed by atoms with Gasteiger partial charge in [0.05, 0.1) is 45.0 Å². The van der Waals surface area contributed by atoms with Crippen molar-refractivity contribution in [2.45, 2.75) is 58.8 Å². The van der Waals surface area contributed by atoms with E-state index in [-0.39, 0.29) is 24.9 Å². The number of hydrogen-bond acceptors (Lipinski definition) is 8. The Balaban J connectivity index is 1.97. The molecule has 0 aromatic rings.